The van der Waals surface area contributed by atoms with Crippen LogP contribution in [0.3, 0.4) is 0 Å². The highest BCUT2D eigenvalue weighted by atomic mass is 35.5. The van der Waals surface area contributed by atoms with Crippen molar-refractivity contribution in [2.75, 3.05) is 0 Å². The van der Waals surface area contributed by atoms with Gasteiger partial charge in [0.2, 0.25) is 5.91 Å². The van der Waals surface area contributed by atoms with E-state index in [9.17, 15) is 9.59 Å². The van der Waals surface area contributed by atoms with Gasteiger partial charge >= 0.3 is 5.97 Å². The van der Waals surface area contributed by atoms with Gasteiger partial charge in [-0.1, -0.05) is 23.7 Å². The Labute approximate surface area is 105 Å². The van der Waals surface area contributed by atoms with Gasteiger partial charge in [-0.15, -0.1) is 0 Å². The average Bonchev–Trinajstić information content (AvgIpc) is 2.20. The molecule has 1 atom stereocenters. The maximum absolute atomic E-state index is 11.2. The first-order valence-corrected chi connectivity index (χ1v) is 5.48. The molecule has 0 fully saturated rings. The molecule has 0 aliphatic carbocycles. The number of amides is 1. The van der Waals surface area contributed by atoms with Gasteiger partial charge in [-0.05, 0) is 24.6 Å². The van der Waals surface area contributed by atoms with Gasteiger partial charge in [-0.2, -0.15) is 0 Å². The van der Waals surface area contributed by atoms with E-state index in [0.29, 0.717) is 5.02 Å². The standard InChI is InChI=1S/C12H14ClNO3/c1-8(15)14-12(2,11(16)17)7-9-3-5-10(13)6-4-9/h3-6H,7H2,1-2H3,(H,14,15)(H,16,17). The first kappa shape index (κ1) is 13.5. The van der Waals surface area contributed by atoms with Gasteiger partial charge in [-0.25, -0.2) is 4.79 Å². The fourth-order valence-electron chi connectivity index (χ4n) is 1.57. The van der Waals surface area contributed by atoms with Crippen LogP contribution in [0.4, 0.5) is 0 Å². The van der Waals surface area contributed by atoms with Crippen LogP contribution in [0.5, 0.6) is 0 Å². The number of rotatable bonds is 4. The lowest BCUT2D eigenvalue weighted by atomic mass is 9.93. The summed E-state index contributed by atoms with van der Waals surface area (Å²) in [7, 11) is 0. The van der Waals surface area contributed by atoms with Crippen LogP contribution in [0.1, 0.15) is 19.4 Å². The zero-order chi connectivity index (χ0) is 13.1. The fraction of sp³-hybridized carbons (Fsp3) is 0.333. The van der Waals surface area contributed by atoms with E-state index < -0.39 is 11.5 Å². The summed E-state index contributed by atoms with van der Waals surface area (Å²) in [5, 5.41) is 12.2. The maximum Gasteiger partial charge on any atom is 0.329 e. The molecule has 0 aliphatic heterocycles. The van der Waals surface area contributed by atoms with E-state index in [-0.39, 0.29) is 12.3 Å². The van der Waals surface area contributed by atoms with Crippen molar-refractivity contribution in [1.29, 1.82) is 0 Å². The monoisotopic (exact) mass is 255 g/mol. The average molecular weight is 256 g/mol. The SMILES string of the molecule is CC(=O)NC(C)(Cc1ccc(Cl)cc1)C(=O)O. The van der Waals surface area contributed by atoms with Gasteiger partial charge in [-0.3, -0.25) is 4.79 Å². The van der Waals surface area contributed by atoms with Crippen molar-refractivity contribution in [3.05, 3.63) is 34.9 Å². The third-order valence-corrected chi connectivity index (χ3v) is 2.65. The minimum Gasteiger partial charge on any atom is -0.480 e. The predicted octanol–water partition coefficient (Wildman–Crippen LogP) is 1.86. The van der Waals surface area contributed by atoms with Crippen molar-refractivity contribution in [3.63, 3.8) is 0 Å². The summed E-state index contributed by atoms with van der Waals surface area (Å²) in [4.78, 5) is 22.2. The number of hydrogen-bond donors (Lipinski definition) is 2. The fourth-order valence-corrected chi connectivity index (χ4v) is 1.70. The number of carbonyl (C=O) groups is 2. The third-order valence-electron chi connectivity index (χ3n) is 2.39. The zero-order valence-corrected chi connectivity index (χ0v) is 10.4. The number of halogens is 1. The number of benzene rings is 1. The molecule has 0 spiro atoms. The molecule has 0 radical (unpaired) electrons. The molecule has 0 heterocycles. The molecule has 1 rings (SSSR count). The van der Waals surface area contributed by atoms with Gasteiger partial charge in [0.05, 0.1) is 0 Å². The molecule has 1 unspecified atom stereocenters. The van der Waals surface area contributed by atoms with E-state index >= 15 is 0 Å². The molecule has 92 valence electrons. The van der Waals surface area contributed by atoms with Gasteiger partial charge in [0.15, 0.2) is 0 Å². The van der Waals surface area contributed by atoms with Crippen molar-refractivity contribution in [2.45, 2.75) is 25.8 Å². The van der Waals surface area contributed by atoms with Crippen LogP contribution in [0, 0.1) is 0 Å². The molecule has 0 bridgehead atoms. The van der Waals surface area contributed by atoms with Gasteiger partial charge < -0.3 is 10.4 Å². The summed E-state index contributed by atoms with van der Waals surface area (Å²) >= 11 is 5.74. The van der Waals surface area contributed by atoms with E-state index in [4.69, 9.17) is 16.7 Å². The minimum atomic E-state index is -1.31. The Balaban J connectivity index is 2.90. The van der Waals surface area contributed by atoms with E-state index in [0.717, 1.165) is 5.56 Å². The predicted molar refractivity (Wildman–Crippen MR) is 65.0 cm³/mol. The molecular weight excluding hydrogens is 242 g/mol. The van der Waals surface area contributed by atoms with Crippen LogP contribution in [0.15, 0.2) is 24.3 Å². The Kier molecular flexibility index (Phi) is 4.12. The summed E-state index contributed by atoms with van der Waals surface area (Å²) in [5.41, 5.74) is -0.507. The molecule has 0 aromatic heterocycles. The second-order valence-electron chi connectivity index (χ2n) is 4.12. The highest BCUT2D eigenvalue weighted by molar-refractivity contribution is 6.30. The summed E-state index contributed by atoms with van der Waals surface area (Å²) in [6.07, 6.45) is 0.207. The van der Waals surface area contributed by atoms with Crippen LogP contribution in [0.25, 0.3) is 0 Å². The molecule has 17 heavy (non-hydrogen) atoms. The normalized spacial score (nSPS) is 13.8. The largest absolute Gasteiger partial charge is 0.480 e. The highest BCUT2D eigenvalue weighted by Gasteiger charge is 2.34. The van der Waals surface area contributed by atoms with E-state index in [1.54, 1.807) is 24.3 Å². The van der Waals surface area contributed by atoms with Gasteiger partial charge in [0.1, 0.15) is 5.54 Å². The maximum atomic E-state index is 11.2. The molecule has 2 N–H and O–H groups in total. The minimum absolute atomic E-state index is 0.207. The quantitative estimate of drug-likeness (QED) is 0.863. The number of aliphatic carboxylic acids is 1. The molecule has 4 nitrogen and oxygen atoms in total. The van der Waals surface area contributed by atoms with Gasteiger partial charge in [0.25, 0.3) is 0 Å². The number of carboxylic acid groups (broad SMARTS) is 1. The Hall–Kier alpha value is -1.55. The van der Waals surface area contributed by atoms with Crippen LogP contribution in [-0.2, 0) is 16.0 Å². The van der Waals surface area contributed by atoms with Crippen molar-refractivity contribution >= 4 is 23.5 Å². The first-order valence-electron chi connectivity index (χ1n) is 5.10. The second-order valence-corrected chi connectivity index (χ2v) is 4.56. The van der Waals surface area contributed by atoms with Crippen molar-refractivity contribution in [1.82, 2.24) is 5.32 Å². The van der Waals surface area contributed by atoms with Crippen LogP contribution < -0.4 is 5.32 Å². The Morgan fingerprint density at radius 1 is 1.35 bits per heavy atom. The number of carbonyl (C=O) groups excluding carboxylic acids is 1. The van der Waals surface area contributed by atoms with E-state index in [1.165, 1.54) is 13.8 Å². The Morgan fingerprint density at radius 3 is 2.29 bits per heavy atom. The van der Waals surface area contributed by atoms with E-state index in [1.807, 2.05) is 0 Å². The summed E-state index contributed by atoms with van der Waals surface area (Å²) in [6, 6.07) is 6.86. The molecule has 5 heteroatoms. The third kappa shape index (κ3) is 3.75. The topological polar surface area (TPSA) is 66.4 Å². The van der Waals surface area contributed by atoms with Crippen molar-refractivity contribution in [2.24, 2.45) is 0 Å². The highest BCUT2D eigenvalue weighted by Crippen LogP contribution is 2.16. The number of carboxylic acids is 1. The number of nitrogens with one attached hydrogen (secondary N) is 1. The summed E-state index contributed by atoms with van der Waals surface area (Å²) < 4.78 is 0. The zero-order valence-electron chi connectivity index (χ0n) is 9.66. The lowest BCUT2D eigenvalue weighted by Crippen LogP contribution is -2.53. The molecule has 0 saturated heterocycles. The van der Waals surface area contributed by atoms with Gasteiger partial charge in [0, 0.05) is 18.4 Å². The molecular formula is C12H14ClNO3. The summed E-state index contributed by atoms with van der Waals surface area (Å²) in [6.45, 7) is 2.77. The molecule has 1 aromatic rings. The molecule has 0 aliphatic rings. The van der Waals surface area contributed by atoms with Crippen molar-refractivity contribution in [3.8, 4) is 0 Å². The first-order chi connectivity index (χ1) is 7.83. The van der Waals surface area contributed by atoms with E-state index in [2.05, 4.69) is 5.32 Å². The Bertz CT molecular complexity index is 430. The number of hydrogen-bond acceptors (Lipinski definition) is 2. The molecule has 0 saturated carbocycles. The lowest BCUT2D eigenvalue weighted by molar-refractivity contribution is -0.146. The Morgan fingerprint density at radius 2 is 1.88 bits per heavy atom. The molecule has 1 amide bonds. The van der Waals surface area contributed by atoms with Crippen molar-refractivity contribution < 1.29 is 14.7 Å². The summed E-state index contributed by atoms with van der Waals surface area (Å²) in [5.74, 6) is -1.44. The van der Waals surface area contributed by atoms with Crippen LogP contribution in [-0.4, -0.2) is 22.5 Å². The second kappa shape index (κ2) is 5.19. The van der Waals surface area contributed by atoms with Crippen LogP contribution in [0.2, 0.25) is 5.02 Å². The molecule has 1 aromatic carbocycles. The smallest absolute Gasteiger partial charge is 0.329 e. The van der Waals surface area contributed by atoms with Crippen LogP contribution >= 0.6 is 11.6 Å². The lowest BCUT2D eigenvalue weighted by Gasteiger charge is -2.25.